The highest BCUT2D eigenvalue weighted by Gasteiger charge is 2.32. The van der Waals surface area contributed by atoms with Gasteiger partial charge in [0.05, 0.1) is 18.5 Å². The largest absolute Gasteiger partial charge is 0.467 e. The molecule has 1 aromatic carbocycles. The van der Waals surface area contributed by atoms with Gasteiger partial charge >= 0.3 is 6.18 Å². The minimum atomic E-state index is -4.45. The third-order valence-electron chi connectivity index (χ3n) is 2.70. The van der Waals surface area contributed by atoms with Crippen molar-refractivity contribution < 1.29 is 22.0 Å². The highest BCUT2D eigenvalue weighted by atomic mass is 32.1. The van der Waals surface area contributed by atoms with Crippen LogP contribution in [0.5, 0.6) is 0 Å². The van der Waals surface area contributed by atoms with Crippen LogP contribution in [0.4, 0.5) is 23.2 Å². The number of halogens is 4. The summed E-state index contributed by atoms with van der Waals surface area (Å²) in [5.74, 6) is -0.281. The lowest BCUT2D eigenvalue weighted by Crippen LogP contribution is -2.40. The standard InChI is InChI=1S/C14H12F4N2OS/c15-11-5-1-2-6-12(11)19-13(22)20(9-14(16,17)18)8-10-4-3-7-21-10/h1-7H,8-9H2,(H,19,22). The summed E-state index contributed by atoms with van der Waals surface area (Å²) in [6.07, 6.45) is -3.10. The van der Waals surface area contributed by atoms with Gasteiger partial charge in [-0.25, -0.2) is 4.39 Å². The van der Waals surface area contributed by atoms with Gasteiger partial charge in [0.25, 0.3) is 0 Å². The smallest absolute Gasteiger partial charge is 0.406 e. The molecule has 0 saturated carbocycles. The predicted molar refractivity (Wildman–Crippen MR) is 77.8 cm³/mol. The van der Waals surface area contributed by atoms with Gasteiger partial charge in [-0.3, -0.25) is 0 Å². The molecule has 0 bridgehead atoms. The van der Waals surface area contributed by atoms with Gasteiger partial charge in [-0.2, -0.15) is 13.2 Å². The minimum absolute atomic E-state index is 0.0131. The summed E-state index contributed by atoms with van der Waals surface area (Å²) in [5, 5.41) is 2.25. The molecule has 0 fully saturated rings. The number of hydrogen-bond acceptors (Lipinski definition) is 2. The predicted octanol–water partition coefficient (Wildman–Crippen LogP) is 4.18. The summed E-state index contributed by atoms with van der Waals surface area (Å²) >= 11 is 4.96. The van der Waals surface area contributed by atoms with Crippen molar-refractivity contribution in [2.75, 3.05) is 11.9 Å². The third kappa shape index (κ3) is 4.73. The molecule has 0 unspecified atom stereocenters. The van der Waals surface area contributed by atoms with Crippen LogP contribution >= 0.6 is 12.2 Å². The molecule has 118 valence electrons. The van der Waals surface area contributed by atoms with Crippen molar-refractivity contribution in [3.05, 3.63) is 54.2 Å². The normalized spacial score (nSPS) is 11.3. The first-order valence-corrected chi connectivity index (χ1v) is 6.65. The summed E-state index contributed by atoms with van der Waals surface area (Å²) < 4.78 is 56.6. The van der Waals surface area contributed by atoms with Gasteiger partial charge in [0, 0.05) is 0 Å². The summed E-state index contributed by atoms with van der Waals surface area (Å²) in [6.45, 7) is -1.44. The molecule has 1 N–H and O–H groups in total. The second-order valence-electron chi connectivity index (χ2n) is 4.46. The second-order valence-corrected chi connectivity index (χ2v) is 4.85. The van der Waals surface area contributed by atoms with Gasteiger partial charge in [0.15, 0.2) is 5.11 Å². The molecular weight excluding hydrogens is 320 g/mol. The van der Waals surface area contributed by atoms with E-state index in [1.54, 1.807) is 12.1 Å². The maximum absolute atomic E-state index is 13.5. The summed E-state index contributed by atoms with van der Waals surface area (Å²) in [7, 11) is 0. The Bertz CT molecular complexity index is 628. The first kappa shape index (κ1) is 16.3. The van der Waals surface area contributed by atoms with Crippen LogP contribution in [0.1, 0.15) is 5.76 Å². The molecular formula is C14H12F4N2OS. The number of rotatable bonds is 4. The molecule has 2 rings (SSSR count). The number of thiocarbonyl (C=S) groups is 1. The van der Waals surface area contributed by atoms with Gasteiger partial charge in [0.1, 0.15) is 18.1 Å². The van der Waals surface area contributed by atoms with E-state index < -0.39 is 18.5 Å². The number of nitrogens with one attached hydrogen (secondary N) is 1. The fraction of sp³-hybridized carbons (Fsp3) is 0.214. The molecule has 8 heteroatoms. The van der Waals surface area contributed by atoms with Crippen molar-refractivity contribution >= 4 is 23.0 Å². The van der Waals surface area contributed by atoms with Crippen LogP contribution in [0.25, 0.3) is 0 Å². The molecule has 0 amide bonds. The molecule has 0 saturated heterocycles. The van der Waals surface area contributed by atoms with Crippen molar-refractivity contribution in [1.29, 1.82) is 0 Å². The minimum Gasteiger partial charge on any atom is -0.467 e. The van der Waals surface area contributed by atoms with Crippen LogP contribution in [0.2, 0.25) is 0 Å². The van der Waals surface area contributed by atoms with E-state index >= 15 is 0 Å². The lowest BCUT2D eigenvalue weighted by atomic mass is 10.3. The highest BCUT2D eigenvalue weighted by molar-refractivity contribution is 7.80. The lowest BCUT2D eigenvalue weighted by Gasteiger charge is -2.26. The monoisotopic (exact) mass is 332 g/mol. The molecule has 0 spiro atoms. The zero-order chi connectivity index (χ0) is 16.2. The van der Waals surface area contributed by atoms with Gasteiger partial charge in [-0.05, 0) is 36.5 Å². The number of nitrogens with zero attached hydrogens (tertiary/aromatic N) is 1. The Morgan fingerprint density at radius 1 is 1.18 bits per heavy atom. The Balaban J connectivity index is 2.13. The quantitative estimate of drug-likeness (QED) is 0.672. The summed E-state index contributed by atoms with van der Waals surface area (Å²) in [4.78, 5) is 0.862. The fourth-order valence-electron chi connectivity index (χ4n) is 1.76. The Hall–Kier alpha value is -2.09. The van der Waals surface area contributed by atoms with Crippen LogP contribution < -0.4 is 5.32 Å². The zero-order valence-corrected chi connectivity index (χ0v) is 12.0. The van der Waals surface area contributed by atoms with E-state index in [-0.39, 0.29) is 17.3 Å². The van der Waals surface area contributed by atoms with E-state index in [4.69, 9.17) is 16.6 Å². The fourth-order valence-corrected chi connectivity index (χ4v) is 2.00. The van der Waals surface area contributed by atoms with Crippen LogP contribution in [0, 0.1) is 5.82 Å². The number of furan rings is 1. The summed E-state index contributed by atoms with van der Waals surface area (Å²) in [5.41, 5.74) is 0.0131. The molecule has 0 atom stereocenters. The van der Waals surface area contributed by atoms with Gasteiger partial charge in [0.2, 0.25) is 0 Å². The topological polar surface area (TPSA) is 28.4 Å². The van der Waals surface area contributed by atoms with Gasteiger partial charge < -0.3 is 14.6 Å². The molecule has 2 aromatic rings. The second kappa shape index (κ2) is 6.78. The van der Waals surface area contributed by atoms with Crippen LogP contribution in [0.15, 0.2) is 47.1 Å². The van der Waals surface area contributed by atoms with E-state index in [1.165, 1.54) is 30.5 Å². The van der Waals surface area contributed by atoms with E-state index in [9.17, 15) is 17.6 Å². The Kier molecular flexibility index (Phi) is 5.02. The number of benzene rings is 1. The van der Waals surface area contributed by atoms with E-state index in [2.05, 4.69) is 5.32 Å². The van der Waals surface area contributed by atoms with Crippen molar-refractivity contribution in [3.8, 4) is 0 Å². The first-order chi connectivity index (χ1) is 10.3. The van der Waals surface area contributed by atoms with Crippen molar-refractivity contribution in [3.63, 3.8) is 0 Å². The zero-order valence-electron chi connectivity index (χ0n) is 11.2. The number of anilines is 1. The maximum Gasteiger partial charge on any atom is 0.406 e. The van der Waals surface area contributed by atoms with Crippen molar-refractivity contribution in [2.24, 2.45) is 0 Å². The molecule has 0 aliphatic heterocycles. The van der Waals surface area contributed by atoms with E-state index in [1.807, 2.05) is 0 Å². The molecule has 0 aliphatic rings. The molecule has 0 radical (unpaired) electrons. The maximum atomic E-state index is 13.5. The molecule has 1 aromatic heterocycles. The van der Waals surface area contributed by atoms with Crippen LogP contribution in [0.3, 0.4) is 0 Å². The average molecular weight is 332 g/mol. The van der Waals surface area contributed by atoms with Gasteiger partial charge in [-0.1, -0.05) is 12.1 Å². The first-order valence-electron chi connectivity index (χ1n) is 6.25. The lowest BCUT2D eigenvalue weighted by molar-refractivity contribution is -0.138. The Morgan fingerprint density at radius 2 is 1.91 bits per heavy atom. The third-order valence-corrected chi connectivity index (χ3v) is 3.06. The van der Waals surface area contributed by atoms with Crippen molar-refractivity contribution in [1.82, 2.24) is 4.90 Å². The molecule has 1 heterocycles. The molecule has 22 heavy (non-hydrogen) atoms. The van der Waals surface area contributed by atoms with Crippen molar-refractivity contribution in [2.45, 2.75) is 12.7 Å². The SMILES string of the molecule is Fc1ccccc1NC(=S)N(Cc1ccco1)CC(F)(F)F. The van der Waals surface area contributed by atoms with Crippen LogP contribution in [-0.2, 0) is 6.54 Å². The average Bonchev–Trinajstić information content (AvgIpc) is 2.92. The number of para-hydroxylation sites is 1. The Labute approximate surface area is 129 Å². The van der Waals surface area contributed by atoms with E-state index in [0.717, 1.165) is 4.90 Å². The molecule has 3 nitrogen and oxygen atoms in total. The number of hydrogen-bond donors (Lipinski definition) is 1. The van der Waals surface area contributed by atoms with Crippen LogP contribution in [-0.4, -0.2) is 22.7 Å². The highest BCUT2D eigenvalue weighted by Crippen LogP contribution is 2.20. The number of alkyl halides is 3. The summed E-state index contributed by atoms with van der Waals surface area (Å²) in [6, 6.07) is 8.70. The van der Waals surface area contributed by atoms with E-state index in [0.29, 0.717) is 5.76 Å². The molecule has 0 aliphatic carbocycles. The Morgan fingerprint density at radius 3 is 2.50 bits per heavy atom. The van der Waals surface area contributed by atoms with Gasteiger partial charge in [-0.15, -0.1) is 0 Å².